The van der Waals surface area contributed by atoms with Crippen LogP contribution >= 0.6 is 0 Å². The second kappa shape index (κ2) is 9.40. The van der Waals surface area contributed by atoms with Gasteiger partial charge in [0.2, 0.25) is 21.8 Å². The number of nitrogens with two attached hydrogens (primary N) is 1. The van der Waals surface area contributed by atoms with Crippen LogP contribution in [0, 0.1) is 0 Å². The van der Waals surface area contributed by atoms with Gasteiger partial charge in [0.25, 0.3) is 5.91 Å². The molecule has 164 valence electrons. The average molecular weight is 444 g/mol. The van der Waals surface area contributed by atoms with Crippen LogP contribution in [0.15, 0.2) is 59.5 Å². The number of primary sulfonamides is 1. The number of imide groups is 1. The van der Waals surface area contributed by atoms with E-state index >= 15 is 0 Å². The number of anilines is 1. The molecule has 1 unspecified atom stereocenters. The minimum Gasteiger partial charge on any atom is -0.330 e. The number of rotatable bonds is 8. The Bertz CT molecular complexity index is 1070. The maximum absolute atomic E-state index is 13.1. The minimum atomic E-state index is -3.89. The summed E-state index contributed by atoms with van der Waals surface area (Å²) < 4.78 is 22.9. The second-order valence-corrected chi connectivity index (χ2v) is 8.96. The molecule has 8 nitrogen and oxygen atoms in total. The highest BCUT2D eigenvalue weighted by Crippen LogP contribution is 2.27. The molecule has 1 fully saturated rings. The number of hydrogen-bond donors (Lipinski definition) is 1. The Morgan fingerprint density at radius 3 is 2.32 bits per heavy atom. The number of amides is 3. The Morgan fingerprint density at radius 1 is 1.10 bits per heavy atom. The van der Waals surface area contributed by atoms with Gasteiger partial charge in [-0.3, -0.25) is 14.4 Å². The Labute approximate surface area is 181 Å². The molecule has 0 aliphatic carbocycles. The van der Waals surface area contributed by atoms with E-state index < -0.39 is 27.9 Å². The summed E-state index contributed by atoms with van der Waals surface area (Å²) in [5.41, 5.74) is 1.28. The topological polar surface area (TPSA) is 118 Å². The minimum absolute atomic E-state index is 0.111. The van der Waals surface area contributed by atoms with Crippen molar-refractivity contribution in [2.24, 2.45) is 5.14 Å². The van der Waals surface area contributed by atoms with Gasteiger partial charge in [-0.15, -0.1) is 0 Å². The third kappa shape index (κ3) is 5.18. The number of carbonyl (C=O) groups is 3. The summed E-state index contributed by atoms with van der Waals surface area (Å²) in [5, 5.41) is 5.10. The van der Waals surface area contributed by atoms with Gasteiger partial charge in [0.05, 0.1) is 17.0 Å². The van der Waals surface area contributed by atoms with Crippen molar-refractivity contribution in [3.8, 4) is 0 Å². The molecule has 1 aliphatic heterocycles. The monoisotopic (exact) mass is 443 g/mol. The van der Waals surface area contributed by atoms with Gasteiger partial charge in [0.15, 0.2) is 0 Å². The number of sulfonamides is 1. The normalized spacial score (nSPS) is 16.6. The summed E-state index contributed by atoms with van der Waals surface area (Å²) >= 11 is 0. The van der Waals surface area contributed by atoms with Crippen LogP contribution in [0.4, 0.5) is 5.69 Å². The third-order valence-corrected chi connectivity index (χ3v) is 6.12. The smallest absolute Gasteiger partial charge is 0.257 e. The van der Waals surface area contributed by atoms with Gasteiger partial charge in [0, 0.05) is 13.0 Å². The maximum Gasteiger partial charge on any atom is 0.257 e. The van der Waals surface area contributed by atoms with E-state index in [-0.39, 0.29) is 29.3 Å². The lowest BCUT2D eigenvalue weighted by Gasteiger charge is -2.28. The zero-order valence-corrected chi connectivity index (χ0v) is 18.0. The van der Waals surface area contributed by atoms with Crippen LogP contribution in [0.2, 0.25) is 0 Å². The maximum atomic E-state index is 13.1. The summed E-state index contributed by atoms with van der Waals surface area (Å²) in [5.74, 6) is -1.10. The summed E-state index contributed by atoms with van der Waals surface area (Å²) in [4.78, 5) is 40.9. The Balaban J connectivity index is 1.82. The highest BCUT2D eigenvalue weighted by molar-refractivity contribution is 7.89. The molecule has 0 radical (unpaired) electrons. The fourth-order valence-corrected chi connectivity index (χ4v) is 4.14. The summed E-state index contributed by atoms with van der Waals surface area (Å²) in [6.45, 7) is 2.21. The SMILES string of the molecule is CCCC(=O)N(CCc1ccccc1)C1CC(=O)N(c2ccc(S(N)(=O)=O)cc2)C1=O. The predicted octanol–water partition coefficient (Wildman–Crippen LogP) is 1.84. The van der Waals surface area contributed by atoms with Crippen LogP contribution < -0.4 is 10.0 Å². The summed E-state index contributed by atoms with van der Waals surface area (Å²) in [6.07, 6.45) is 1.38. The summed E-state index contributed by atoms with van der Waals surface area (Å²) in [6, 6.07) is 13.9. The zero-order chi connectivity index (χ0) is 22.6. The van der Waals surface area contributed by atoms with Gasteiger partial charge in [-0.2, -0.15) is 0 Å². The fourth-order valence-electron chi connectivity index (χ4n) is 3.62. The van der Waals surface area contributed by atoms with Crippen molar-refractivity contribution in [2.45, 2.75) is 43.5 Å². The van der Waals surface area contributed by atoms with E-state index in [4.69, 9.17) is 5.14 Å². The molecule has 31 heavy (non-hydrogen) atoms. The predicted molar refractivity (Wildman–Crippen MR) is 115 cm³/mol. The third-order valence-electron chi connectivity index (χ3n) is 5.19. The number of hydrogen-bond acceptors (Lipinski definition) is 5. The van der Waals surface area contributed by atoms with E-state index in [2.05, 4.69) is 0 Å². The van der Waals surface area contributed by atoms with Crippen molar-refractivity contribution in [1.29, 1.82) is 0 Å². The van der Waals surface area contributed by atoms with Gasteiger partial charge >= 0.3 is 0 Å². The van der Waals surface area contributed by atoms with Crippen LogP contribution in [-0.4, -0.2) is 43.6 Å². The number of nitrogens with zero attached hydrogens (tertiary/aromatic N) is 2. The first-order valence-corrected chi connectivity index (χ1v) is 11.6. The molecule has 0 spiro atoms. The second-order valence-electron chi connectivity index (χ2n) is 7.40. The van der Waals surface area contributed by atoms with Crippen LogP contribution in [-0.2, 0) is 30.8 Å². The molecular weight excluding hydrogens is 418 g/mol. The van der Waals surface area contributed by atoms with Gasteiger partial charge in [-0.05, 0) is 42.7 Å². The number of carbonyl (C=O) groups excluding carboxylic acids is 3. The highest BCUT2D eigenvalue weighted by atomic mass is 32.2. The van der Waals surface area contributed by atoms with Crippen molar-refractivity contribution in [3.63, 3.8) is 0 Å². The lowest BCUT2D eigenvalue weighted by Crippen LogP contribution is -2.46. The van der Waals surface area contributed by atoms with Crippen molar-refractivity contribution >= 4 is 33.4 Å². The van der Waals surface area contributed by atoms with E-state index in [1.54, 1.807) is 0 Å². The van der Waals surface area contributed by atoms with Gasteiger partial charge < -0.3 is 4.90 Å². The van der Waals surface area contributed by atoms with Crippen molar-refractivity contribution in [2.75, 3.05) is 11.4 Å². The highest BCUT2D eigenvalue weighted by Gasteiger charge is 2.44. The van der Waals surface area contributed by atoms with Crippen molar-refractivity contribution in [3.05, 3.63) is 60.2 Å². The van der Waals surface area contributed by atoms with E-state index in [1.807, 2.05) is 37.3 Å². The van der Waals surface area contributed by atoms with Gasteiger partial charge in [-0.1, -0.05) is 37.3 Å². The molecule has 2 aromatic carbocycles. The first kappa shape index (κ1) is 22.6. The molecule has 3 amide bonds. The van der Waals surface area contributed by atoms with E-state index in [0.29, 0.717) is 19.4 Å². The molecule has 0 saturated carbocycles. The fraction of sp³-hybridized carbons (Fsp3) is 0.318. The molecule has 2 aromatic rings. The molecule has 1 atom stereocenters. The Morgan fingerprint density at radius 2 is 1.74 bits per heavy atom. The standard InChI is InChI=1S/C22H25N3O5S/c1-2-6-20(26)24(14-13-16-7-4-3-5-8-16)19-15-21(27)25(22(19)28)17-9-11-18(12-10-17)31(23,29)30/h3-5,7-12,19H,2,6,13-15H2,1H3,(H2,23,29,30). The first-order valence-electron chi connectivity index (χ1n) is 10.1. The largest absolute Gasteiger partial charge is 0.330 e. The molecule has 0 aromatic heterocycles. The molecule has 9 heteroatoms. The van der Waals surface area contributed by atoms with Crippen LogP contribution in [0.3, 0.4) is 0 Å². The van der Waals surface area contributed by atoms with Crippen LogP contribution in [0.5, 0.6) is 0 Å². The zero-order valence-electron chi connectivity index (χ0n) is 17.2. The lowest BCUT2D eigenvalue weighted by molar-refractivity contribution is -0.138. The van der Waals surface area contributed by atoms with Crippen molar-refractivity contribution in [1.82, 2.24) is 4.90 Å². The molecule has 0 bridgehead atoms. The molecule has 1 heterocycles. The van der Waals surface area contributed by atoms with E-state index in [9.17, 15) is 22.8 Å². The van der Waals surface area contributed by atoms with Gasteiger partial charge in [0.1, 0.15) is 6.04 Å². The average Bonchev–Trinajstić information content (AvgIpc) is 3.02. The molecular formula is C22H25N3O5S. The summed E-state index contributed by atoms with van der Waals surface area (Å²) in [7, 11) is -3.89. The van der Waals surface area contributed by atoms with E-state index in [0.717, 1.165) is 10.5 Å². The molecule has 1 saturated heterocycles. The van der Waals surface area contributed by atoms with Crippen LogP contribution in [0.25, 0.3) is 0 Å². The number of benzene rings is 2. The first-order chi connectivity index (χ1) is 14.7. The molecule has 3 rings (SSSR count). The van der Waals surface area contributed by atoms with Crippen molar-refractivity contribution < 1.29 is 22.8 Å². The van der Waals surface area contributed by atoms with Crippen LogP contribution in [0.1, 0.15) is 31.7 Å². The molecule has 2 N–H and O–H groups in total. The van der Waals surface area contributed by atoms with E-state index in [1.165, 1.54) is 29.2 Å². The lowest BCUT2D eigenvalue weighted by atomic mass is 10.1. The van der Waals surface area contributed by atoms with Gasteiger partial charge in [-0.25, -0.2) is 18.5 Å². The Hall–Kier alpha value is -3.04. The Kier molecular flexibility index (Phi) is 6.87. The quantitative estimate of drug-likeness (QED) is 0.625. The molecule has 1 aliphatic rings.